The van der Waals surface area contributed by atoms with E-state index in [2.05, 4.69) is 0 Å². The Morgan fingerprint density at radius 2 is 2.25 bits per heavy atom. The molecule has 108 valence electrons. The van der Waals surface area contributed by atoms with Crippen LogP contribution >= 0.6 is 0 Å². The zero-order chi connectivity index (χ0) is 14.5. The number of halogens is 1. The maximum Gasteiger partial charge on any atom is 0.305 e. The van der Waals surface area contributed by atoms with Crippen LogP contribution in [0.3, 0.4) is 0 Å². The van der Waals surface area contributed by atoms with E-state index in [-0.39, 0.29) is 31.2 Å². The standard InChI is InChI=1S/C14H16FNO4/c15-11-3-1-2-10(6-11)7-13(17)16-4-5-20-9-12(16)8-14(18)19/h1-3,6,12H,4-5,7-9H2,(H,18,19)/t12-/m0/s1. The quantitative estimate of drug-likeness (QED) is 0.896. The van der Waals surface area contributed by atoms with Gasteiger partial charge in [0.15, 0.2) is 0 Å². The van der Waals surface area contributed by atoms with Gasteiger partial charge in [-0.2, -0.15) is 0 Å². The first-order valence-electron chi connectivity index (χ1n) is 6.39. The van der Waals surface area contributed by atoms with E-state index in [4.69, 9.17) is 9.84 Å². The molecule has 5 nitrogen and oxygen atoms in total. The fourth-order valence-electron chi connectivity index (χ4n) is 2.28. The van der Waals surface area contributed by atoms with Crippen molar-refractivity contribution in [3.63, 3.8) is 0 Å². The van der Waals surface area contributed by atoms with Crippen LogP contribution in [-0.2, 0) is 20.7 Å². The molecule has 1 aromatic carbocycles. The van der Waals surface area contributed by atoms with Gasteiger partial charge in [0.05, 0.1) is 32.1 Å². The number of rotatable bonds is 4. The van der Waals surface area contributed by atoms with Gasteiger partial charge in [-0.1, -0.05) is 12.1 Å². The van der Waals surface area contributed by atoms with Crippen molar-refractivity contribution in [2.75, 3.05) is 19.8 Å². The first-order chi connectivity index (χ1) is 9.56. The second kappa shape index (κ2) is 6.47. The third-order valence-corrected chi connectivity index (χ3v) is 3.20. The monoisotopic (exact) mass is 281 g/mol. The number of hydrogen-bond acceptors (Lipinski definition) is 3. The second-order valence-electron chi connectivity index (χ2n) is 4.72. The molecular formula is C14H16FNO4. The molecule has 1 atom stereocenters. The van der Waals surface area contributed by atoms with Crippen LogP contribution in [0.2, 0.25) is 0 Å². The lowest BCUT2D eigenvalue weighted by Gasteiger charge is -2.35. The van der Waals surface area contributed by atoms with E-state index in [0.29, 0.717) is 18.7 Å². The summed E-state index contributed by atoms with van der Waals surface area (Å²) in [7, 11) is 0. The van der Waals surface area contributed by atoms with Gasteiger partial charge in [0, 0.05) is 6.54 Å². The average molecular weight is 281 g/mol. The summed E-state index contributed by atoms with van der Waals surface area (Å²) in [5.74, 6) is -1.56. The third-order valence-electron chi connectivity index (χ3n) is 3.20. The van der Waals surface area contributed by atoms with Gasteiger partial charge in [-0.25, -0.2) is 4.39 Å². The fraction of sp³-hybridized carbons (Fsp3) is 0.429. The topological polar surface area (TPSA) is 66.8 Å². The zero-order valence-electron chi connectivity index (χ0n) is 10.9. The normalized spacial score (nSPS) is 18.9. The molecule has 1 amide bonds. The Balaban J connectivity index is 2.04. The van der Waals surface area contributed by atoms with E-state index in [1.54, 1.807) is 12.1 Å². The SMILES string of the molecule is O=C(O)C[C@H]1COCCN1C(=O)Cc1cccc(F)c1. The smallest absolute Gasteiger partial charge is 0.305 e. The van der Waals surface area contributed by atoms with E-state index < -0.39 is 12.0 Å². The van der Waals surface area contributed by atoms with Gasteiger partial charge in [-0.15, -0.1) is 0 Å². The molecule has 6 heteroatoms. The predicted octanol–water partition coefficient (Wildman–Crippen LogP) is 1.07. The van der Waals surface area contributed by atoms with Crippen molar-refractivity contribution < 1.29 is 23.8 Å². The number of carboxylic acids is 1. The number of morpholine rings is 1. The number of carbonyl (C=O) groups is 2. The molecule has 1 N–H and O–H groups in total. The van der Waals surface area contributed by atoms with Crippen molar-refractivity contribution in [1.82, 2.24) is 4.90 Å². The van der Waals surface area contributed by atoms with E-state index in [1.165, 1.54) is 17.0 Å². The summed E-state index contributed by atoms with van der Waals surface area (Å²) in [6.45, 7) is 0.984. The van der Waals surface area contributed by atoms with Crippen LogP contribution in [0.25, 0.3) is 0 Å². The molecule has 0 aromatic heterocycles. The van der Waals surface area contributed by atoms with E-state index in [9.17, 15) is 14.0 Å². The lowest BCUT2D eigenvalue weighted by molar-refractivity contribution is -0.145. The highest BCUT2D eigenvalue weighted by Crippen LogP contribution is 2.14. The summed E-state index contributed by atoms with van der Waals surface area (Å²) >= 11 is 0. The summed E-state index contributed by atoms with van der Waals surface area (Å²) in [5, 5.41) is 8.85. The summed E-state index contributed by atoms with van der Waals surface area (Å²) in [4.78, 5) is 24.5. The van der Waals surface area contributed by atoms with Gasteiger partial charge in [0.1, 0.15) is 5.82 Å². The van der Waals surface area contributed by atoms with Crippen molar-refractivity contribution in [2.45, 2.75) is 18.9 Å². The lowest BCUT2D eigenvalue weighted by Crippen LogP contribution is -2.50. The molecule has 0 unspecified atom stereocenters. The third kappa shape index (κ3) is 3.77. The van der Waals surface area contributed by atoms with Gasteiger partial charge >= 0.3 is 5.97 Å². The molecule has 2 rings (SSSR count). The Labute approximate surface area is 116 Å². The van der Waals surface area contributed by atoms with Gasteiger partial charge in [0.25, 0.3) is 0 Å². The van der Waals surface area contributed by atoms with Gasteiger partial charge < -0.3 is 14.7 Å². The number of carboxylic acid groups (broad SMARTS) is 1. The molecular weight excluding hydrogens is 265 g/mol. The van der Waals surface area contributed by atoms with Gasteiger partial charge in [-0.05, 0) is 17.7 Å². The van der Waals surface area contributed by atoms with Crippen LogP contribution in [-0.4, -0.2) is 47.7 Å². The van der Waals surface area contributed by atoms with Crippen LogP contribution < -0.4 is 0 Å². The van der Waals surface area contributed by atoms with E-state index in [0.717, 1.165) is 0 Å². The van der Waals surface area contributed by atoms with E-state index in [1.807, 2.05) is 0 Å². The number of hydrogen-bond donors (Lipinski definition) is 1. The molecule has 0 radical (unpaired) electrons. The summed E-state index contributed by atoms with van der Waals surface area (Å²) in [5.41, 5.74) is 0.579. The van der Waals surface area contributed by atoms with Crippen molar-refractivity contribution in [2.24, 2.45) is 0 Å². The second-order valence-corrected chi connectivity index (χ2v) is 4.72. The van der Waals surface area contributed by atoms with Crippen molar-refractivity contribution in [3.05, 3.63) is 35.6 Å². The lowest BCUT2D eigenvalue weighted by atomic mass is 10.1. The minimum absolute atomic E-state index is 0.0634. The minimum Gasteiger partial charge on any atom is -0.481 e. The fourth-order valence-corrected chi connectivity index (χ4v) is 2.28. The average Bonchev–Trinajstić information content (AvgIpc) is 2.38. The van der Waals surface area contributed by atoms with Crippen LogP contribution in [0.15, 0.2) is 24.3 Å². The number of carbonyl (C=O) groups excluding carboxylic acids is 1. The van der Waals surface area contributed by atoms with Crippen LogP contribution in [0.4, 0.5) is 4.39 Å². The first-order valence-corrected chi connectivity index (χ1v) is 6.39. The summed E-state index contributed by atoms with van der Waals surface area (Å²) in [6, 6.07) is 5.39. The van der Waals surface area contributed by atoms with Crippen LogP contribution in [0, 0.1) is 5.82 Å². The number of aliphatic carboxylic acids is 1. The highest BCUT2D eigenvalue weighted by molar-refractivity contribution is 5.80. The minimum atomic E-state index is -0.968. The van der Waals surface area contributed by atoms with Crippen molar-refractivity contribution in [3.8, 4) is 0 Å². The summed E-state index contributed by atoms with van der Waals surface area (Å²) < 4.78 is 18.3. The molecule has 20 heavy (non-hydrogen) atoms. The number of benzene rings is 1. The molecule has 1 saturated heterocycles. The predicted molar refractivity (Wildman–Crippen MR) is 68.7 cm³/mol. The maximum atomic E-state index is 13.1. The Hall–Kier alpha value is -1.95. The van der Waals surface area contributed by atoms with Crippen LogP contribution in [0.1, 0.15) is 12.0 Å². The Kier molecular flexibility index (Phi) is 4.68. The van der Waals surface area contributed by atoms with Gasteiger partial charge in [0.2, 0.25) is 5.91 Å². The van der Waals surface area contributed by atoms with Gasteiger partial charge in [-0.3, -0.25) is 9.59 Å². The maximum absolute atomic E-state index is 13.1. The molecule has 0 saturated carbocycles. The number of ether oxygens (including phenoxy) is 1. The largest absolute Gasteiger partial charge is 0.481 e. The highest BCUT2D eigenvalue weighted by atomic mass is 19.1. The van der Waals surface area contributed by atoms with Crippen molar-refractivity contribution in [1.29, 1.82) is 0 Å². The first kappa shape index (κ1) is 14.5. The molecule has 1 aliphatic heterocycles. The molecule has 1 fully saturated rings. The number of amides is 1. The number of nitrogens with zero attached hydrogens (tertiary/aromatic N) is 1. The Bertz CT molecular complexity index is 506. The Morgan fingerprint density at radius 3 is 2.95 bits per heavy atom. The van der Waals surface area contributed by atoms with Crippen LogP contribution in [0.5, 0.6) is 0 Å². The molecule has 1 aromatic rings. The zero-order valence-corrected chi connectivity index (χ0v) is 10.9. The summed E-state index contributed by atoms with van der Waals surface area (Å²) in [6.07, 6.45) is -0.0806. The molecule has 0 spiro atoms. The molecule has 0 aliphatic carbocycles. The molecule has 1 aliphatic rings. The Morgan fingerprint density at radius 1 is 1.45 bits per heavy atom. The highest BCUT2D eigenvalue weighted by Gasteiger charge is 2.28. The van der Waals surface area contributed by atoms with Crippen molar-refractivity contribution >= 4 is 11.9 Å². The molecule has 1 heterocycles. The van der Waals surface area contributed by atoms with E-state index >= 15 is 0 Å². The molecule has 0 bridgehead atoms.